The second-order valence-corrected chi connectivity index (χ2v) is 8.55. The molecular formula is C24H24ClF3N2O3. The lowest BCUT2D eigenvalue weighted by molar-refractivity contribution is -0.137. The van der Waals surface area contributed by atoms with Crippen molar-refractivity contribution >= 4 is 17.4 Å². The summed E-state index contributed by atoms with van der Waals surface area (Å²) >= 11 is 5.90. The van der Waals surface area contributed by atoms with E-state index in [1.165, 1.54) is 12.1 Å². The molecule has 0 radical (unpaired) electrons. The normalized spacial score (nSPS) is 12.7. The Morgan fingerprint density at radius 1 is 1.09 bits per heavy atom. The number of aromatic nitrogens is 2. The molecular weight excluding hydrogens is 457 g/mol. The maximum atomic E-state index is 12.6. The minimum Gasteiger partial charge on any atom is -0.486 e. The topological polar surface area (TPSA) is 65.2 Å². The first kappa shape index (κ1) is 24.8. The fourth-order valence-electron chi connectivity index (χ4n) is 3.31. The van der Waals surface area contributed by atoms with Gasteiger partial charge in [-0.25, -0.2) is 0 Å². The van der Waals surface area contributed by atoms with Crippen molar-refractivity contribution in [3.8, 4) is 17.1 Å². The fourth-order valence-corrected chi connectivity index (χ4v) is 3.43. The summed E-state index contributed by atoms with van der Waals surface area (Å²) in [4.78, 5) is 16.8. The molecule has 0 spiro atoms. The van der Waals surface area contributed by atoms with Crippen LogP contribution in [0.4, 0.5) is 13.2 Å². The van der Waals surface area contributed by atoms with E-state index >= 15 is 0 Å². The van der Waals surface area contributed by atoms with Gasteiger partial charge in [0.25, 0.3) is 0 Å². The zero-order valence-electron chi connectivity index (χ0n) is 18.2. The number of hydrogen-bond acceptors (Lipinski definition) is 5. The van der Waals surface area contributed by atoms with Gasteiger partial charge in [-0.2, -0.15) is 18.2 Å². The minimum atomic E-state index is -4.41. The number of ketones is 1. The van der Waals surface area contributed by atoms with E-state index < -0.39 is 11.7 Å². The third-order valence-electron chi connectivity index (χ3n) is 5.31. The molecule has 1 heterocycles. The first-order valence-corrected chi connectivity index (χ1v) is 10.9. The maximum Gasteiger partial charge on any atom is 0.416 e. The highest BCUT2D eigenvalue weighted by molar-refractivity contribution is 6.30. The quantitative estimate of drug-likeness (QED) is 0.325. The smallest absolute Gasteiger partial charge is 0.416 e. The molecule has 176 valence electrons. The lowest BCUT2D eigenvalue weighted by Crippen LogP contribution is -2.20. The van der Waals surface area contributed by atoms with E-state index in [2.05, 4.69) is 10.1 Å². The molecule has 1 aromatic heterocycles. The highest BCUT2D eigenvalue weighted by Crippen LogP contribution is 2.30. The summed E-state index contributed by atoms with van der Waals surface area (Å²) < 4.78 is 48.6. The van der Waals surface area contributed by atoms with E-state index in [9.17, 15) is 18.0 Å². The van der Waals surface area contributed by atoms with E-state index in [0.717, 1.165) is 17.7 Å². The Hall–Kier alpha value is -2.87. The molecule has 3 aromatic rings. The van der Waals surface area contributed by atoms with E-state index in [0.29, 0.717) is 29.6 Å². The van der Waals surface area contributed by atoms with Crippen molar-refractivity contribution < 1.29 is 27.2 Å². The second-order valence-electron chi connectivity index (χ2n) is 8.11. The van der Waals surface area contributed by atoms with Crippen molar-refractivity contribution in [1.82, 2.24) is 10.1 Å². The monoisotopic (exact) mass is 480 g/mol. The van der Waals surface area contributed by atoms with Gasteiger partial charge in [-0.1, -0.05) is 30.6 Å². The molecule has 9 heteroatoms. The summed E-state index contributed by atoms with van der Waals surface area (Å²) in [5.74, 6) is 1.36. The van der Waals surface area contributed by atoms with Gasteiger partial charge in [-0.15, -0.1) is 0 Å². The molecule has 0 N–H and O–H groups in total. The van der Waals surface area contributed by atoms with Gasteiger partial charge in [0, 0.05) is 23.4 Å². The number of carbonyl (C=O) groups is 1. The van der Waals surface area contributed by atoms with Crippen LogP contribution in [0.5, 0.6) is 5.75 Å². The van der Waals surface area contributed by atoms with Gasteiger partial charge < -0.3 is 9.26 Å². The van der Waals surface area contributed by atoms with Crippen molar-refractivity contribution in [2.45, 2.75) is 39.3 Å². The molecule has 0 aliphatic heterocycles. The summed E-state index contributed by atoms with van der Waals surface area (Å²) in [6.07, 6.45) is -2.92. The van der Waals surface area contributed by atoms with Crippen LogP contribution in [0, 0.1) is 11.8 Å². The maximum absolute atomic E-state index is 12.6. The van der Waals surface area contributed by atoms with Crippen molar-refractivity contribution in [2.24, 2.45) is 11.8 Å². The SMILES string of the molecule is CC(C)C(CCc1nc(-c2ccc(Cl)cc2)no1)CC(=O)COc1ccc(C(F)(F)F)cc1. The summed E-state index contributed by atoms with van der Waals surface area (Å²) in [5.41, 5.74) is 0.0340. The fraction of sp³-hybridized carbons (Fsp3) is 0.375. The minimum absolute atomic E-state index is 0.0691. The van der Waals surface area contributed by atoms with Crippen LogP contribution in [0.3, 0.4) is 0 Å². The lowest BCUT2D eigenvalue weighted by Gasteiger charge is -2.19. The number of alkyl halides is 3. The van der Waals surface area contributed by atoms with Crippen molar-refractivity contribution in [3.63, 3.8) is 0 Å². The molecule has 0 aliphatic rings. The number of carbonyl (C=O) groups excluding carboxylic acids is 1. The molecule has 0 saturated heterocycles. The number of halogens is 4. The van der Waals surface area contributed by atoms with Crippen molar-refractivity contribution in [2.75, 3.05) is 6.61 Å². The van der Waals surface area contributed by atoms with E-state index in [1.807, 2.05) is 26.0 Å². The van der Waals surface area contributed by atoms with Gasteiger partial charge >= 0.3 is 6.18 Å². The Morgan fingerprint density at radius 2 is 1.76 bits per heavy atom. The Labute approximate surface area is 194 Å². The average molecular weight is 481 g/mol. The van der Waals surface area contributed by atoms with Gasteiger partial charge in [0.15, 0.2) is 5.78 Å². The van der Waals surface area contributed by atoms with Gasteiger partial charge in [-0.05, 0) is 66.8 Å². The van der Waals surface area contributed by atoms with Gasteiger partial charge in [0.05, 0.1) is 5.56 Å². The Bertz CT molecular complexity index is 1050. The predicted molar refractivity (Wildman–Crippen MR) is 118 cm³/mol. The first-order valence-electron chi connectivity index (χ1n) is 10.5. The van der Waals surface area contributed by atoms with E-state index in [4.69, 9.17) is 20.9 Å². The zero-order chi connectivity index (χ0) is 24.0. The number of hydrogen-bond donors (Lipinski definition) is 0. The largest absolute Gasteiger partial charge is 0.486 e. The Morgan fingerprint density at radius 3 is 2.36 bits per heavy atom. The van der Waals surface area contributed by atoms with Crippen molar-refractivity contribution in [3.05, 3.63) is 65.0 Å². The lowest BCUT2D eigenvalue weighted by atomic mass is 9.87. The number of rotatable bonds is 10. The number of benzene rings is 2. The third kappa shape index (κ3) is 7.32. The van der Waals surface area contributed by atoms with Crippen LogP contribution < -0.4 is 4.74 Å². The summed E-state index contributed by atoms with van der Waals surface area (Å²) in [7, 11) is 0. The number of aryl methyl sites for hydroxylation is 1. The molecule has 3 rings (SSSR count). The molecule has 0 fully saturated rings. The zero-order valence-corrected chi connectivity index (χ0v) is 19.0. The van der Waals surface area contributed by atoms with Crippen LogP contribution >= 0.6 is 11.6 Å². The van der Waals surface area contributed by atoms with Gasteiger partial charge in [0.1, 0.15) is 12.4 Å². The van der Waals surface area contributed by atoms with Crippen LogP contribution in [-0.4, -0.2) is 22.5 Å². The molecule has 0 aliphatic carbocycles. The van der Waals surface area contributed by atoms with E-state index in [1.54, 1.807) is 12.1 Å². The summed E-state index contributed by atoms with van der Waals surface area (Å²) in [6.45, 7) is 3.86. The average Bonchev–Trinajstić information content (AvgIpc) is 3.24. The second kappa shape index (κ2) is 10.8. The van der Waals surface area contributed by atoms with Crippen molar-refractivity contribution in [1.29, 1.82) is 0 Å². The first-order chi connectivity index (χ1) is 15.6. The predicted octanol–water partition coefficient (Wildman–Crippen LogP) is 6.65. The van der Waals surface area contributed by atoms with Crippen LogP contribution in [0.2, 0.25) is 5.02 Å². The number of nitrogens with zero attached hydrogens (tertiary/aromatic N) is 2. The standard InChI is InChI=1S/C24H24ClF3N2O3/c1-15(2)17(5-12-22-29-23(30-33-22)16-3-8-19(25)9-4-16)13-20(31)14-32-21-10-6-18(7-11-21)24(26,27)28/h3-4,6-11,15,17H,5,12-14H2,1-2H3. The van der Waals surface area contributed by atoms with Crippen LogP contribution in [0.1, 0.15) is 38.1 Å². The molecule has 2 aromatic carbocycles. The summed E-state index contributed by atoms with van der Waals surface area (Å²) in [5, 5.41) is 4.62. The Balaban J connectivity index is 1.50. The third-order valence-corrected chi connectivity index (χ3v) is 5.57. The molecule has 0 amide bonds. The van der Waals surface area contributed by atoms with Crippen LogP contribution in [0.25, 0.3) is 11.4 Å². The number of ether oxygens (including phenoxy) is 1. The highest BCUT2D eigenvalue weighted by Gasteiger charge is 2.30. The molecule has 0 bridgehead atoms. The molecule has 1 atom stereocenters. The molecule has 0 saturated carbocycles. The molecule has 5 nitrogen and oxygen atoms in total. The van der Waals surface area contributed by atoms with Crippen LogP contribution in [0.15, 0.2) is 53.1 Å². The van der Waals surface area contributed by atoms with Crippen LogP contribution in [-0.2, 0) is 17.4 Å². The summed E-state index contributed by atoms with van der Waals surface area (Å²) in [6, 6.07) is 11.4. The molecule has 33 heavy (non-hydrogen) atoms. The number of Topliss-reactive ketones (excluding diaryl/α,β-unsaturated/α-hetero) is 1. The highest BCUT2D eigenvalue weighted by atomic mass is 35.5. The Kier molecular flexibility index (Phi) is 8.13. The van der Waals surface area contributed by atoms with Gasteiger partial charge in [0.2, 0.25) is 11.7 Å². The van der Waals surface area contributed by atoms with E-state index in [-0.39, 0.29) is 36.4 Å². The van der Waals surface area contributed by atoms with Gasteiger partial charge in [-0.3, -0.25) is 4.79 Å². The molecule has 1 unspecified atom stereocenters.